The van der Waals surface area contributed by atoms with Crippen molar-refractivity contribution in [2.75, 3.05) is 6.61 Å². The van der Waals surface area contributed by atoms with Gasteiger partial charge in [0.15, 0.2) is 0 Å². The molecule has 0 aliphatic carbocycles. The molecule has 0 aromatic heterocycles. The third-order valence-corrected chi connectivity index (χ3v) is 3.79. The van der Waals surface area contributed by atoms with Crippen LogP contribution in [0.1, 0.15) is 39.7 Å². The first kappa shape index (κ1) is 18.4. The minimum absolute atomic E-state index is 0.145. The minimum Gasteiger partial charge on any atom is -0.461 e. The first-order valence-corrected chi connectivity index (χ1v) is 8.03. The summed E-state index contributed by atoms with van der Waals surface area (Å²) in [5.41, 5.74) is 1.000. The van der Waals surface area contributed by atoms with Crippen molar-refractivity contribution in [3.8, 4) is 0 Å². The molecule has 0 aliphatic heterocycles. The first-order chi connectivity index (χ1) is 10.6. The van der Waals surface area contributed by atoms with E-state index in [1.165, 1.54) is 0 Å². The Labute approximate surface area is 134 Å². The smallest absolute Gasteiger partial charge is 0.312 e. The Morgan fingerprint density at radius 3 is 2.50 bits per heavy atom. The molecule has 0 N–H and O–H groups in total. The number of benzene rings is 1. The minimum atomic E-state index is -0.250. The molecule has 22 heavy (non-hydrogen) atoms. The van der Waals surface area contributed by atoms with E-state index in [9.17, 15) is 4.79 Å². The van der Waals surface area contributed by atoms with Crippen molar-refractivity contribution < 1.29 is 14.3 Å². The van der Waals surface area contributed by atoms with Crippen LogP contribution in [0.5, 0.6) is 0 Å². The van der Waals surface area contributed by atoms with E-state index in [2.05, 4.69) is 13.0 Å². The highest BCUT2D eigenvalue weighted by Crippen LogP contribution is 2.24. The summed E-state index contributed by atoms with van der Waals surface area (Å²) in [4.78, 5) is 12.5. The van der Waals surface area contributed by atoms with Gasteiger partial charge in [0.25, 0.3) is 0 Å². The monoisotopic (exact) mass is 304 g/mol. The van der Waals surface area contributed by atoms with Crippen LogP contribution in [0, 0.1) is 11.8 Å². The lowest BCUT2D eigenvalue weighted by atomic mass is 9.87. The zero-order valence-electron chi connectivity index (χ0n) is 14.1. The molecule has 1 unspecified atom stereocenters. The van der Waals surface area contributed by atoms with Gasteiger partial charge in [0.2, 0.25) is 0 Å². The molecule has 3 atom stereocenters. The molecule has 0 saturated carbocycles. The predicted octanol–water partition coefficient (Wildman–Crippen LogP) is 4.37. The van der Waals surface area contributed by atoms with Crippen molar-refractivity contribution >= 4 is 5.97 Å². The average molecular weight is 304 g/mol. The molecule has 1 rings (SSSR count). The summed E-state index contributed by atoms with van der Waals surface area (Å²) in [5, 5.41) is 0. The number of rotatable bonds is 9. The molecule has 0 spiro atoms. The van der Waals surface area contributed by atoms with E-state index in [-0.39, 0.29) is 23.9 Å². The van der Waals surface area contributed by atoms with Crippen molar-refractivity contribution in [1.82, 2.24) is 0 Å². The Kier molecular flexibility index (Phi) is 8.53. The summed E-state index contributed by atoms with van der Waals surface area (Å²) in [6, 6.07) is 9.75. The van der Waals surface area contributed by atoms with Crippen LogP contribution in [0.4, 0.5) is 0 Å². The Bertz CT molecular complexity index is 453. The average Bonchev–Trinajstić information content (AvgIpc) is 2.52. The van der Waals surface area contributed by atoms with Crippen LogP contribution in [0.2, 0.25) is 0 Å². The number of ether oxygens (including phenoxy) is 2. The van der Waals surface area contributed by atoms with E-state index in [0.717, 1.165) is 12.0 Å². The number of allylic oxidation sites excluding steroid dienone is 2. The molecule has 0 radical (unpaired) electrons. The Balaban J connectivity index is 2.69. The van der Waals surface area contributed by atoms with Crippen molar-refractivity contribution in [2.24, 2.45) is 11.8 Å². The normalized spacial score (nSPS) is 15.5. The maximum Gasteiger partial charge on any atom is 0.312 e. The highest BCUT2D eigenvalue weighted by atomic mass is 16.5. The molecule has 0 aliphatic rings. The van der Waals surface area contributed by atoms with E-state index in [1.807, 2.05) is 57.2 Å². The fourth-order valence-electron chi connectivity index (χ4n) is 2.58. The fourth-order valence-corrected chi connectivity index (χ4v) is 2.58. The van der Waals surface area contributed by atoms with Crippen LogP contribution in [0.25, 0.3) is 0 Å². The van der Waals surface area contributed by atoms with Crippen LogP contribution >= 0.6 is 0 Å². The molecule has 3 heteroatoms. The second-order valence-electron chi connectivity index (χ2n) is 5.56. The quantitative estimate of drug-likeness (QED) is 0.502. The Morgan fingerprint density at radius 1 is 1.23 bits per heavy atom. The Hall–Kier alpha value is -1.61. The van der Waals surface area contributed by atoms with Gasteiger partial charge in [0, 0.05) is 6.61 Å². The van der Waals surface area contributed by atoms with Crippen LogP contribution in [0.3, 0.4) is 0 Å². The van der Waals surface area contributed by atoms with Gasteiger partial charge < -0.3 is 9.47 Å². The first-order valence-electron chi connectivity index (χ1n) is 8.03. The molecule has 0 fully saturated rings. The number of carbonyl (C=O) groups is 1. The lowest BCUT2D eigenvalue weighted by molar-refractivity contribution is -0.157. The van der Waals surface area contributed by atoms with Crippen molar-refractivity contribution in [3.05, 3.63) is 48.0 Å². The molecule has 0 saturated heterocycles. The molecule has 0 amide bonds. The lowest BCUT2D eigenvalue weighted by Crippen LogP contribution is -2.35. The summed E-state index contributed by atoms with van der Waals surface area (Å²) in [7, 11) is 0. The standard InChI is InChI=1S/C19H28O3/c1-5-7-11-15(3)18(16(4)21-6-2)19(20)22-14-17-12-9-8-10-13-17/h5,7-10,12-13,15-16,18H,6,11,14H2,1-4H3/b7-5+/t15-,16?,18-/m1/s1. The highest BCUT2D eigenvalue weighted by Gasteiger charge is 2.32. The van der Waals surface area contributed by atoms with Gasteiger partial charge in [-0.15, -0.1) is 0 Å². The van der Waals surface area contributed by atoms with E-state index >= 15 is 0 Å². The topological polar surface area (TPSA) is 35.5 Å². The summed E-state index contributed by atoms with van der Waals surface area (Å²) in [5.74, 6) is -0.248. The molecule has 0 heterocycles. The van der Waals surface area contributed by atoms with Gasteiger partial charge >= 0.3 is 5.97 Å². The number of hydrogen-bond acceptors (Lipinski definition) is 3. The van der Waals surface area contributed by atoms with Crippen molar-refractivity contribution in [2.45, 2.75) is 46.8 Å². The molecule has 0 bridgehead atoms. The van der Waals surface area contributed by atoms with Gasteiger partial charge in [-0.3, -0.25) is 4.79 Å². The zero-order valence-corrected chi connectivity index (χ0v) is 14.1. The molecular weight excluding hydrogens is 276 g/mol. The van der Waals surface area contributed by atoms with Gasteiger partial charge in [-0.2, -0.15) is 0 Å². The number of esters is 1. The van der Waals surface area contributed by atoms with E-state index in [1.54, 1.807) is 0 Å². The second-order valence-corrected chi connectivity index (χ2v) is 5.56. The van der Waals surface area contributed by atoms with Gasteiger partial charge in [-0.25, -0.2) is 0 Å². The third-order valence-electron chi connectivity index (χ3n) is 3.79. The van der Waals surface area contributed by atoms with Crippen LogP contribution in [-0.4, -0.2) is 18.7 Å². The molecule has 122 valence electrons. The summed E-state index contributed by atoms with van der Waals surface area (Å²) in [6.45, 7) is 8.86. The zero-order chi connectivity index (χ0) is 16.4. The van der Waals surface area contributed by atoms with Crippen LogP contribution < -0.4 is 0 Å². The lowest BCUT2D eigenvalue weighted by Gasteiger charge is -2.27. The molecule has 1 aromatic carbocycles. The van der Waals surface area contributed by atoms with Crippen molar-refractivity contribution in [1.29, 1.82) is 0 Å². The van der Waals surface area contributed by atoms with Gasteiger partial charge in [-0.1, -0.05) is 49.4 Å². The van der Waals surface area contributed by atoms with Crippen LogP contribution in [-0.2, 0) is 20.9 Å². The van der Waals surface area contributed by atoms with Gasteiger partial charge in [0.1, 0.15) is 6.61 Å². The van der Waals surface area contributed by atoms with Gasteiger partial charge in [-0.05, 0) is 38.7 Å². The third kappa shape index (κ3) is 6.02. The fraction of sp³-hybridized carbons (Fsp3) is 0.526. The van der Waals surface area contributed by atoms with E-state index in [4.69, 9.17) is 9.47 Å². The molecule has 3 nitrogen and oxygen atoms in total. The SMILES string of the molecule is C/C=C/C[C@@H](C)[C@@H](C(=O)OCc1ccccc1)C(C)OCC. The van der Waals surface area contributed by atoms with E-state index < -0.39 is 0 Å². The summed E-state index contributed by atoms with van der Waals surface area (Å²) < 4.78 is 11.2. The second kappa shape index (κ2) is 10.2. The summed E-state index contributed by atoms with van der Waals surface area (Å²) >= 11 is 0. The highest BCUT2D eigenvalue weighted by molar-refractivity contribution is 5.73. The maximum absolute atomic E-state index is 12.5. The van der Waals surface area contributed by atoms with E-state index in [0.29, 0.717) is 13.2 Å². The number of carbonyl (C=O) groups excluding carboxylic acids is 1. The summed E-state index contributed by atoms with van der Waals surface area (Å²) in [6.07, 6.45) is 4.79. The van der Waals surface area contributed by atoms with Crippen LogP contribution in [0.15, 0.2) is 42.5 Å². The predicted molar refractivity (Wildman–Crippen MR) is 89.4 cm³/mol. The number of hydrogen-bond donors (Lipinski definition) is 0. The maximum atomic E-state index is 12.5. The van der Waals surface area contributed by atoms with Crippen molar-refractivity contribution in [3.63, 3.8) is 0 Å². The van der Waals surface area contributed by atoms with Gasteiger partial charge in [0.05, 0.1) is 12.0 Å². The molecule has 1 aromatic rings. The largest absolute Gasteiger partial charge is 0.461 e. The molecular formula is C19H28O3. The Morgan fingerprint density at radius 2 is 1.91 bits per heavy atom.